The maximum absolute atomic E-state index is 11.1. The Labute approximate surface area is 115 Å². The molecule has 0 radical (unpaired) electrons. The average Bonchev–Trinajstić information content (AvgIpc) is 3.17. The van der Waals surface area contributed by atoms with Crippen LogP contribution in [0.2, 0.25) is 0 Å². The van der Waals surface area contributed by atoms with E-state index in [4.69, 9.17) is 5.11 Å². The van der Waals surface area contributed by atoms with Gasteiger partial charge in [0.05, 0.1) is 5.69 Å². The van der Waals surface area contributed by atoms with Gasteiger partial charge in [0, 0.05) is 16.5 Å². The molecular formula is C14H14N2O2S. The summed E-state index contributed by atoms with van der Waals surface area (Å²) in [6.45, 7) is 0. The molecular weight excluding hydrogens is 260 g/mol. The number of aromatic nitrogens is 2. The molecule has 98 valence electrons. The molecule has 0 amide bonds. The van der Waals surface area contributed by atoms with Crippen molar-refractivity contribution in [3.63, 3.8) is 0 Å². The number of hydrogen-bond donors (Lipinski definition) is 1. The maximum Gasteiger partial charge on any atom is 0.356 e. The largest absolute Gasteiger partial charge is 0.476 e. The van der Waals surface area contributed by atoms with Gasteiger partial charge < -0.3 is 5.11 Å². The minimum atomic E-state index is -0.971. The van der Waals surface area contributed by atoms with Crippen LogP contribution in [-0.2, 0) is 0 Å². The van der Waals surface area contributed by atoms with Crippen LogP contribution in [-0.4, -0.2) is 27.1 Å². The van der Waals surface area contributed by atoms with Crippen molar-refractivity contribution in [3.8, 4) is 5.69 Å². The fourth-order valence-electron chi connectivity index (χ4n) is 2.12. The van der Waals surface area contributed by atoms with E-state index in [0.717, 1.165) is 29.1 Å². The zero-order valence-corrected chi connectivity index (χ0v) is 11.4. The molecule has 1 N–H and O–H groups in total. The summed E-state index contributed by atoms with van der Waals surface area (Å²) in [7, 11) is 0. The number of nitrogens with zero attached hydrogens (tertiary/aromatic N) is 2. The summed E-state index contributed by atoms with van der Waals surface area (Å²) in [5.41, 5.74) is 2.06. The monoisotopic (exact) mass is 274 g/mol. The van der Waals surface area contributed by atoms with Gasteiger partial charge in [-0.05, 0) is 43.4 Å². The van der Waals surface area contributed by atoms with Crippen molar-refractivity contribution in [2.75, 3.05) is 6.26 Å². The predicted octanol–water partition coefficient (Wildman–Crippen LogP) is 3.17. The van der Waals surface area contributed by atoms with E-state index in [2.05, 4.69) is 5.10 Å². The third-order valence-electron chi connectivity index (χ3n) is 3.25. The Bertz CT molecular complexity index is 632. The average molecular weight is 274 g/mol. The number of carbonyl (C=O) groups is 1. The second-order valence-electron chi connectivity index (χ2n) is 4.65. The number of rotatable bonds is 4. The minimum Gasteiger partial charge on any atom is -0.476 e. The molecule has 5 heteroatoms. The van der Waals surface area contributed by atoms with Crippen LogP contribution in [0, 0.1) is 0 Å². The molecule has 1 aliphatic rings. The van der Waals surface area contributed by atoms with Crippen molar-refractivity contribution in [2.24, 2.45) is 0 Å². The van der Waals surface area contributed by atoms with Gasteiger partial charge in [0.2, 0.25) is 0 Å². The first-order chi connectivity index (χ1) is 9.19. The van der Waals surface area contributed by atoms with E-state index >= 15 is 0 Å². The highest BCUT2D eigenvalue weighted by Crippen LogP contribution is 2.41. The summed E-state index contributed by atoms with van der Waals surface area (Å²) in [6, 6.07) is 9.71. The smallest absolute Gasteiger partial charge is 0.356 e. The molecule has 4 nitrogen and oxygen atoms in total. The van der Waals surface area contributed by atoms with Crippen LogP contribution in [0.25, 0.3) is 5.69 Å². The lowest BCUT2D eigenvalue weighted by Gasteiger charge is -2.07. The van der Waals surface area contributed by atoms with Crippen molar-refractivity contribution in [1.82, 2.24) is 9.78 Å². The molecule has 1 aliphatic carbocycles. The molecule has 0 aliphatic heterocycles. The van der Waals surface area contributed by atoms with Crippen molar-refractivity contribution in [1.29, 1.82) is 0 Å². The van der Waals surface area contributed by atoms with Gasteiger partial charge in [0.1, 0.15) is 0 Å². The maximum atomic E-state index is 11.1. The number of carboxylic acid groups (broad SMARTS) is 1. The molecule has 1 fully saturated rings. The first kappa shape index (κ1) is 12.3. The van der Waals surface area contributed by atoms with Gasteiger partial charge in [-0.3, -0.25) is 0 Å². The first-order valence-electron chi connectivity index (χ1n) is 6.16. The minimum absolute atomic E-state index is 0.122. The van der Waals surface area contributed by atoms with Gasteiger partial charge in [-0.1, -0.05) is 6.07 Å². The molecule has 0 spiro atoms. The number of thioether (sulfide) groups is 1. The van der Waals surface area contributed by atoms with E-state index in [0.29, 0.717) is 5.92 Å². The molecule has 0 unspecified atom stereocenters. The highest BCUT2D eigenvalue weighted by Gasteiger charge is 2.29. The Morgan fingerprint density at radius 1 is 1.42 bits per heavy atom. The van der Waals surface area contributed by atoms with E-state index in [1.807, 2.05) is 30.5 Å². The van der Waals surface area contributed by atoms with Crippen LogP contribution in [0.1, 0.15) is 34.9 Å². The lowest BCUT2D eigenvalue weighted by Crippen LogP contribution is -2.03. The topological polar surface area (TPSA) is 55.1 Å². The number of hydrogen-bond acceptors (Lipinski definition) is 3. The molecule has 3 rings (SSSR count). The van der Waals surface area contributed by atoms with Crippen molar-refractivity contribution in [3.05, 3.63) is 41.7 Å². The Balaban J connectivity index is 2.09. The van der Waals surface area contributed by atoms with Gasteiger partial charge in [0.25, 0.3) is 0 Å². The number of carboxylic acids is 1. The summed E-state index contributed by atoms with van der Waals surface area (Å²) in [4.78, 5) is 12.2. The summed E-state index contributed by atoms with van der Waals surface area (Å²) in [5.74, 6) is -0.514. The van der Waals surface area contributed by atoms with Gasteiger partial charge in [0.15, 0.2) is 5.69 Å². The second kappa shape index (κ2) is 4.74. The fourth-order valence-corrected chi connectivity index (χ4v) is 2.57. The van der Waals surface area contributed by atoms with Crippen LogP contribution in [0.5, 0.6) is 0 Å². The Morgan fingerprint density at radius 3 is 2.84 bits per heavy atom. The highest BCUT2D eigenvalue weighted by molar-refractivity contribution is 7.98. The summed E-state index contributed by atoms with van der Waals surface area (Å²) in [6.07, 6.45) is 4.26. The van der Waals surface area contributed by atoms with Crippen molar-refractivity contribution in [2.45, 2.75) is 23.7 Å². The van der Waals surface area contributed by atoms with Gasteiger partial charge in [-0.15, -0.1) is 11.8 Å². The van der Waals surface area contributed by atoms with Crippen LogP contribution in [0.15, 0.2) is 35.2 Å². The lowest BCUT2D eigenvalue weighted by molar-refractivity contribution is 0.0690. The quantitative estimate of drug-likeness (QED) is 0.870. The molecule has 1 heterocycles. The second-order valence-corrected chi connectivity index (χ2v) is 5.53. The molecule has 2 aromatic rings. The third-order valence-corrected chi connectivity index (χ3v) is 3.97. The number of benzene rings is 1. The Hall–Kier alpha value is -1.75. The fraction of sp³-hybridized carbons (Fsp3) is 0.286. The summed E-state index contributed by atoms with van der Waals surface area (Å²) < 4.78 is 1.78. The van der Waals surface area contributed by atoms with E-state index in [-0.39, 0.29) is 5.69 Å². The zero-order chi connectivity index (χ0) is 13.4. The van der Waals surface area contributed by atoms with Crippen LogP contribution in [0.4, 0.5) is 0 Å². The van der Waals surface area contributed by atoms with Crippen LogP contribution in [0.3, 0.4) is 0 Å². The number of aromatic carboxylic acids is 1. The van der Waals surface area contributed by atoms with E-state index in [1.54, 1.807) is 22.5 Å². The van der Waals surface area contributed by atoms with E-state index in [1.165, 1.54) is 0 Å². The van der Waals surface area contributed by atoms with Gasteiger partial charge in [-0.25, -0.2) is 9.48 Å². The summed E-state index contributed by atoms with van der Waals surface area (Å²) >= 11 is 1.66. The van der Waals surface area contributed by atoms with Crippen molar-refractivity contribution >= 4 is 17.7 Å². The molecule has 19 heavy (non-hydrogen) atoms. The summed E-state index contributed by atoms with van der Waals surface area (Å²) in [5, 5.41) is 13.3. The first-order valence-corrected chi connectivity index (χ1v) is 7.39. The van der Waals surface area contributed by atoms with Gasteiger partial charge in [-0.2, -0.15) is 5.10 Å². The molecule has 0 saturated heterocycles. The highest BCUT2D eigenvalue weighted by atomic mass is 32.2. The Morgan fingerprint density at radius 2 is 2.21 bits per heavy atom. The normalized spacial score (nSPS) is 14.6. The lowest BCUT2D eigenvalue weighted by atomic mass is 10.2. The van der Waals surface area contributed by atoms with E-state index < -0.39 is 5.97 Å². The van der Waals surface area contributed by atoms with Crippen molar-refractivity contribution < 1.29 is 9.90 Å². The van der Waals surface area contributed by atoms with Crippen LogP contribution >= 0.6 is 11.8 Å². The van der Waals surface area contributed by atoms with E-state index in [9.17, 15) is 4.79 Å². The molecule has 1 aromatic heterocycles. The third kappa shape index (κ3) is 2.38. The molecule has 0 atom stereocenters. The predicted molar refractivity (Wildman–Crippen MR) is 74.3 cm³/mol. The standard InChI is InChI=1S/C14H14N2O2S/c1-19-11-4-2-3-10(7-11)16-13(9-5-6-9)8-12(15-16)14(17)18/h2-4,7-9H,5-6H2,1H3,(H,17,18). The zero-order valence-electron chi connectivity index (χ0n) is 10.5. The van der Waals surface area contributed by atoms with Crippen LogP contribution < -0.4 is 0 Å². The molecule has 1 aromatic carbocycles. The molecule has 1 saturated carbocycles. The SMILES string of the molecule is CSc1cccc(-n2nc(C(=O)O)cc2C2CC2)c1. The Kier molecular flexibility index (Phi) is 3.06. The van der Waals surface area contributed by atoms with Gasteiger partial charge >= 0.3 is 5.97 Å². The molecule has 0 bridgehead atoms.